The summed E-state index contributed by atoms with van der Waals surface area (Å²) < 4.78 is 36.5. The van der Waals surface area contributed by atoms with Crippen LogP contribution in [0, 0.1) is 0 Å². The molecule has 1 aromatic rings. The smallest absolute Gasteiger partial charge is 0.164 e. The standard InChI is InChI=1S/C9H10ClF3N2/c1-5(6(2)10)7-3-4-8(15-14-7)9(11,12)13/h3-6H,1-2H3. The second-order valence-electron chi connectivity index (χ2n) is 3.31. The molecular formula is C9H10ClF3N2. The van der Waals surface area contributed by atoms with Gasteiger partial charge in [-0.1, -0.05) is 6.92 Å². The molecule has 2 atom stereocenters. The van der Waals surface area contributed by atoms with Crippen molar-refractivity contribution in [2.24, 2.45) is 0 Å². The highest BCUT2D eigenvalue weighted by molar-refractivity contribution is 6.20. The predicted molar refractivity (Wildman–Crippen MR) is 50.8 cm³/mol. The summed E-state index contributed by atoms with van der Waals surface area (Å²) in [6.07, 6.45) is -4.44. The first-order chi connectivity index (χ1) is 6.82. The van der Waals surface area contributed by atoms with Gasteiger partial charge < -0.3 is 0 Å². The van der Waals surface area contributed by atoms with Gasteiger partial charge in [0.05, 0.1) is 5.69 Å². The van der Waals surface area contributed by atoms with Crippen molar-refractivity contribution in [3.63, 3.8) is 0 Å². The van der Waals surface area contributed by atoms with Gasteiger partial charge in [0, 0.05) is 11.3 Å². The first-order valence-corrected chi connectivity index (χ1v) is 4.81. The molecular weight excluding hydrogens is 229 g/mol. The first-order valence-electron chi connectivity index (χ1n) is 4.37. The Bertz CT molecular complexity index is 321. The number of nitrogens with zero attached hydrogens (tertiary/aromatic N) is 2. The van der Waals surface area contributed by atoms with Crippen molar-refractivity contribution in [3.05, 3.63) is 23.5 Å². The summed E-state index contributed by atoms with van der Waals surface area (Å²) in [5.41, 5.74) is -0.522. The quantitative estimate of drug-likeness (QED) is 0.740. The lowest BCUT2D eigenvalue weighted by molar-refractivity contribution is -0.141. The fraction of sp³-hybridized carbons (Fsp3) is 0.556. The summed E-state index contributed by atoms with van der Waals surface area (Å²) in [6, 6.07) is 2.22. The fourth-order valence-electron chi connectivity index (χ4n) is 0.972. The average molecular weight is 239 g/mol. The summed E-state index contributed by atoms with van der Waals surface area (Å²) in [5.74, 6) is -0.124. The Morgan fingerprint density at radius 1 is 1.20 bits per heavy atom. The molecule has 0 amide bonds. The lowest BCUT2D eigenvalue weighted by Gasteiger charge is -2.12. The first kappa shape index (κ1) is 12.2. The van der Waals surface area contributed by atoms with Crippen LogP contribution in [-0.4, -0.2) is 15.6 Å². The van der Waals surface area contributed by atoms with Crippen molar-refractivity contribution < 1.29 is 13.2 Å². The van der Waals surface area contributed by atoms with Crippen LogP contribution in [0.4, 0.5) is 13.2 Å². The Morgan fingerprint density at radius 2 is 1.80 bits per heavy atom. The molecule has 0 fully saturated rings. The second-order valence-corrected chi connectivity index (χ2v) is 4.00. The molecule has 0 radical (unpaired) electrons. The third-order valence-corrected chi connectivity index (χ3v) is 2.51. The average Bonchev–Trinajstić information content (AvgIpc) is 2.15. The van der Waals surface area contributed by atoms with E-state index in [9.17, 15) is 13.2 Å². The molecule has 0 aliphatic carbocycles. The predicted octanol–water partition coefficient (Wildman–Crippen LogP) is 3.23. The molecule has 0 aliphatic rings. The minimum absolute atomic E-state index is 0.124. The highest BCUT2D eigenvalue weighted by Gasteiger charge is 2.33. The Morgan fingerprint density at radius 3 is 2.13 bits per heavy atom. The zero-order valence-corrected chi connectivity index (χ0v) is 8.97. The molecule has 0 bridgehead atoms. The molecule has 1 heterocycles. The zero-order chi connectivity index (χ0) is 11.6. The minimum Gasteiger partial charge on any atom is -0.164 e. The summed E-state index contributed by atoms with van der Waals surface area (Å²) >= 11 is 5.80. The highest BCUT2D eigenvalue weighted by Crippen LogP contribution is 2.28. The van der Waals surface area contributed by atoms with Crippen LogP contribution in [-0.2, 0) is 6.18 Å². The SMILES string of the molecule is CC(Cl)C(C)c1ccc(C(F)(F)F)nn1. The summed E-state index contributed by atoms with van der Waals surface area (Å²) in [7, 11) is 0. The van der Waals surface area contributed by atoms with Gasteiger partial charge in [-0.3, -0.25) is 0 Å². The maximum absolute atomic E-state index is 12.2. The Hall–Kier alpha value is -0.840. The van der Waals surface area contributed by atoms with E-state index in [1.54, 1.807) is 13.8 Å². The molecule has 0 N–H and O–H groups in total. The van der Waals surface area contributed by atoms with Crippen molar-refractivity contribution >= 4 is 11.6 Å². The number of hydrogen-bond donors (Lipinski definition) is 0. The Labute approximate surface area is 90.5 Å². The zero-order valence-electron chi connectivity index (χ0n) is 8.22. The molecule has 6 heteroatoms. The fourth-order valence-corrected chi connectivity index (χ4v) is 1.10. The number of hydrogen-bond acceptors (Lipinski definition) is 2. The Kier molecular flexibility index (Phi) is 3.54. The maximum Gasteiger partial charge on any atom is 0.435 e. The second kappa shape index (κ2) is 4.35. The van der Waals surface area contributed by atoms with Crippen molar-refractivity contribution in [2.75, 3.05) is 0 Å². The molecule has 0 aromatic carbocycles. The largest absolute Gasteiger partial charge is 0.435 e. The highest BCUT2D eigenvalue weighted by atomic mass is 35.5. The van der Waals surface area contributed by atoms with Crippen LogP contribution in [0.5, 0.6) is 0 Å². The summed E-state index contributed by atoms with van der Waals surface area (Å²) in [4.78, 5) is 0. The van der Waals surface area contributed by atoms with Crippen molar-refractivity contribution in [2.45, 2.75) is 31.3 Å². The number of halogens is 4. The lowest BCUT2D eigenvalue weighted by Crippen LogP contribution is -2.13. The number of aromatic nitrogens is 2. The van der Waals surface area contributed by atoms with E-state index in [1.165, 1.54) is 6.07 Å². The van der Waals surface area contributed by atoms with E-state index < -0.39 is 11.9 Å². The molecule has 1 rings (SSSR count). The van der Waals surface area contributed by atoms with Gasteiger partial charge in [0.25, 0.3) is 0 Å². The van der Waals surface area contributed by atoms with Crippen LogP contribution in [0.25, 0.3) is 0 Å². The molecule has 2 nitrogen and oxygen atoms in total. The summed E-state index contributed by atoms with van der Waals surface area (Å²) in [5, 5.41) is 6.43. The summed E-state index contributed by atoms with van der Waals surface area (Å²) in [6.45, 7) is 3.54. The van der Waals surface area contributed by atoms with E-state index in [4.69, 9.17) is 11.6 Å². The van der Waals surface area contributed by atoms with Crippen LogP contribution < -0.4 is 0 Å². The van der Waals surface area contributed by atoms with Crippen LogP contribution >= 0.6 is 11.6 Å². The van der Waals surface area contributed by atoms with Crippen LogP contribution in [0.3, 0.4) is 0 Å². The van der Waals surface area contributed by atoms with Crippen LogP contribution in [0.1, 0.15) is 31.2 Å². The van der Waals surface area contributed by atoms with Crippen LogP contribution in [0.2, 0.25) is 0 Å². The van der Waals surface area contributed by atoms with Gasteiger partial charge in [-0.25, -0.2) is 0 Å². The lowest BCUT2D eigenvalue weighted by atomic mass is 10.0. The minimum atomic E-state index is -4.44. The Balaban J connectivity index is 2.91. The van der Waals surface area contributed by atoms with Gasteiger partial charge in [-0.15, -0.1) is 16.7 Å². The van der Waals surface area contributed by atoms with E-state index in [1.807, 2.05) is 0 Å². The van der Waals surface area contributed by atoms with E-state index in [2.05, 4.69) is 10.2 Å². The maximum atomic E-state index is 12.2. The molecule has 2 unspecified atom stereocenters. The van der Waals surface area contributed by atoms with Gasteiger partial charge >= 0.3 is 6.18 Å². The molecule has 0 aliphatic heterocycles. The molecule has 0 spiro atoms. The molecule has 15 heavy (non-hydrogen) atoms. The third-order valence-electron chi connectivity index (χ3n) is 2.13. The topological polar surface area (TPSA) is 25.8 Å². The third kappa shape index (κ3) is 3.06. The van der Waals surface area contributed by atoms with E-state index in [-0.39, 0.29) is 11.3 Å². The van der Waals surface area contributed by atoms with Gasteiger partial charge in [0.2, 0.25) is 0 Å². The number of rotatable bonds is 2. The van der Waals surface area contributed by atoms with Crippen molar-refractivity contribution in [1.82, 2.24) is 10.2 Å². The van der Waals surface area contributed by atoms with Gasteiger partial charge in [-0.05, 0) is 19.1 Å². The molecule has 0 saturated carbocycles. The molecule has 1 aromatic heterocycles. The normalized spacial score (nSPS) is 16.1. The van der Waals surface area contributed by atoms with E-state index >= 15 is 0 Å². The van der Waals surface area contributed by atoms with E-state index in [0.29, 0.717) is 5.69 Å². The van der Waals surface area contributed by atoms with Gasteiger partial charge in [0.1, 0.15) is 0 Å². The monoisotopic (exact) mass is 238 g/mol. The molecule has 0 saturated heterocycles. The van der Waals surface area contributed by atoms with Crippen molar-refractivity contribution in [1.29, 1.82) is 0 Å². The van der Waals surface area contributed by atoms with Gasteiger partial charge in [0.15, 0.2) is 5.69 Å². The van der Waals surface area contributed by atoms with Crippen molar-refractivity contribution in [3.8, 4) is 0 Å². The molecule has 84 valence electrons. The number of alkyl halides is 4. The van der Waals surface area contributed by atoms with Gasteiger partial charge in [-0.2, -0.15) is 18.3 Å². The van der Waals surface area contributed by atoms with E-state index in [0.717, 1.165) is 6.07 Å². The van der Waals surface area contributed by atoms with Crippen LogP contribution in [0.15, 0.2) is 12.1 Å².